The number of sulfone groups is 1. The molecule has 1 atom stereocenters. The van der Waals surface area contributed by atoms with Crippen molar-refractivity contribution in [1.29, 1.82) is 0 Å². The largest absolute Gasteiger partial charge is 0.370 e. The zero-order valence-corrected chi connectivity index (χ0v) is 14.8. The van der Waals surface area contributed by atoms with Crippen molar-refractivity contribution in [3.05, 3.63) is 89.8 Å². The summed E-state index contributed by atoms with van der Waals surface area (Å²) in [4.78, 5) is 0.285. The number of benzene rings is 3. The van der Waals surface area contributed by atoms with Gasteiger partial charge in [0.2, 0.25) is 0 Å². The summed E-state index contributed by atoms with van der Waals surface area (Å²) in [5.41, 5.74) is 1.06. The zero-order chi connectivity index (χ0) is 17.7. The smallest absolute Gasteiger partial charge is 0.199 e. The Kier molecular flexibility index (Phi) is 5.31. The van der Waals surface area contributed by atoms with Crippen LogP contribution in [0.3, 0.4) is 0 Å². The molecule has 0 fully saturated rings. The summed E-state index contributed by atoms with van der Waals surface area (Å²) in [5.74, 6) is 0. The fourth-order valence-corrected chi connectivity index (χ4v) is 3.64. The maximum absolute atomic E-state index is 12.2. The van der Waals surface area contributed by atoms with Gasteiger partial charge in [0.05, 0.1) is 17.6 Å². The van der Waals surface area contributed by atoms with Crippen LogP contribution < -0.4 is 0 Å². The van der Waals surface area contributed by atoms with Gasteiger partial charge in [-0.2, -0.15) is 0 Å². The Morgan fingerprint density at radius 2 is 1.60 bits per heavy atom. The lowest BCUT2D eigenvalue weighted by Crippen LogP contribution is -2.06. The third-order valence-corrected chi connectivity index (χ3v) is 5.37. The molecule has 0 bridgehead atoms. The van der Waals surface area contributed by atoms with Crippen LogP contribution in [-0.4, -0.2) is 14.5 Å². The van der Waals surface area contributed by atoms with E-state index in [9.17, 15) is 8.42 Å². The van der Waals surface area contributed by atoms with Gasteiger partial charge in [-0.25, -0.2) is 8.42 Å². The van der Waals surface area contributed by atoms with Gasteiger partial charge in [-0.15, -0.1) is 0 Å². The van der Waals surface area contributed by atoms with Crippen molar-refractivity contribution in [2.45, 2.75) is 24.5 Å². The Balaban J connectivity index is 1.63. The van der Waals surface area contributed by atoms with E-state index < -0.39 is 9.84 Å². The van der Waals surface area contributed by atoms with Crippen LogP contribution in [0.5, 0.6) is 0 Å². The van der Waals surface area contributed by atoms with Crippen LogP contribution in [0.4, 0.5) is 0 Å². The summed E-state index contributed by atoms with van der Waals surface area (Å²) >= 11 is 0. The first-order valence-corrected chi connectivity index (χ1v) is 9.67. The molecule has 0 aromatic heterocycles. The normalized spacial score (nSPS) is 13.3. The number of ether oxygens (including phenoxy) is 1. The van der Waals surface area contributed by atoms with Crippen LogP contribution in [0.1, 0.15) is 12.5 Å². The van der Waals surface area contributed by atoms with E-state index in [0.717, 1.165) is 5.56 Å². The highest BCUT2D eigenvalue weighted by atomic mass is 32.2. The first kappa shape index (κ1) is 17.4. The van der Waals surface area contributed by atoms with Crippen molar-refractivity contribution in [2.24, 2.45) is 0 Å². The Bertz CT molecular complexity index is 976. The van der Waals surface area contributed by atoms with Gasteiger partial charge >= 0.3 is 0 Å². The fourth-order valence-electron chi connectivity index (χ4n) is 2.51. The molecule has 3 aromatic carbocycles. The van der Waals surface area contributed by atoms with Crippen molar-refractivity contribution in [3.8, 4) is 0 Å². The first-order valence-electron chi connectivity index (χ1n) is 8.12. The maximum atomic E-state index is 12.2. The summed E-state index contributed by atoms with van der Waals surface area (Å²) in [5, 5.41) is 3.57. The summed E-state index contributed by atoms with van der Waals surface area (Å²) < 4.78 is 30.2. The maximum Gasteiger partial charge on any atom is 0.199 e. The predicted molar refractivity (Wildman–Crippen MR) is 101 cm³/mol. The molecule has 0 saturated carbocycles. The Morgan fingerprint density at radius 1 is 0.920 bits per heavy atom. The molecule has 0 amide bonds. The number of hydrogen-bond acceptors (Lipinski definition) is 3. The van der Waals surface area contributed by atoms with Crippen LogP contribution in [0.15, 0.2) is 89.2 Å². The molecule has 0 N–H and O–H groups in total. The van der Waals surface area contributed by atoms with E-state index in [1.165, 1.54) is 16.2 Å². The topological polar surface area (TPSA) is 43.4 Å². The van der Waals surface area contributed by atoms with Gasteiger partial charge in [-0.05, 0) is 47.5 Å². The Morgan fingerprint density at radius 3 is 2.36 bits per heavy atom. The van der Waals surface area contributed by atoms with Gasteiger partial charge in [0.25, 0.3) is 0 Å². The van der Waals surface area contributed by atoms with Crippen molar-refractivity contribution >= 4 is 20.6 Å². The summed E-state index contributed by atoms with van der Waals surface area (Å²) in [7, 11) is -3.43. The molecule has 0 aliphatic heterocycles. The average molecular weight is 352 g/mol. The van der Waals surface area contributed by atoms with E-state index in [1.807, 2.05) is 25.1 Å². The van der Waals surface area contributed by atoms with Crippen LogP contribution in [0.25, 0.3) is 10.8 Å². The van der Waals surface area contributed by atoms with Crippen molar-refractivity contribution < 1.29 is 13.2 Å². The molecule has 0 saturated heterocycles. The molecular formula is C21H20O3S. The number of rotatable bonds is 6. The molecule has 0 unspecified atom stereocenters. The lowest BCUT2D eigenvalue weighted by atomic mass is 10.1. The van der Waals surface area contributed by atoms with E-state index in [-0.39, 0.29) is 11.0 Å². The van der Waals surface area contributed by atoms with Crippen LogP contribution in [0, 0.1) is 0 Å². The highest BCUT2D eigenvalue weighted by Gasteiger charge is 2.10. The molecule has 0 heterocycles. The molecule has 25 heavy (non-hydrogen) atoms. The van der Waals surface area contributed by atoms with E-state index in [4.69, 9.17) is 4.74 Å². The molecule has 0 aliphatic carbocycles. The van der Waals surface area contributed by atoms with Crippen molar-refractivity contribution in [3.63, 3.8) is 0 Å². The van der Waals surface area contributed by atoms with Gasteiger partial charge in [-0.3, -0.25) is 0 Å². The first-order chi connectivity index (χ1) is 12.0. The van der Waals surface area contributed by atoms with E-state index in [1.54, 1.807) is 36.4 Å². The molecule has 4 heteroatoms. The molecule has 3 rings (SSSR count). The molecule has 128 valence electrons. The minimum Gasteiger partial charge on any atom is -0.370 e. The Hall–Kier alpha value is -2.43. The second-order valence-corrected chi connectivity index (χ2v) is 7.72. The van der Waals surface area contributed by atoms with Gasteiger partial charge in [-0.1, -0.05) is 54.6 Å². The molecule has 0 aliphatic rings. The summed E-state index contributed by atoms with van der Waals surface area (Å²) in [6.07, 6.45) is 1.27. The van der Waals surface area contributed by atoms with Crippen LogP contribution >= 0.6 is 0 Å². The third kappa shape index (κ3) is 4.56. The number of fused-ring (bicyclic) bond motifs is 1. The second-order valence-electron chi connectivity index (χ2n) is 5.88. The van der Waals surface area contributed by atoms with E-state index in [2.05, 4.69) is 24.3 Å². The molecule has 3 aromatic rings. The quantitative estimate of drug-likeness (QED) is 0.644. The molecule has 0 radical (unpaired) electrons. The van der Waals surface area contributed by atoms with Gasteiger partial charge in [0.15, 0.2) is 9.84 Å². The minimum atomic E-state index is -3.43. The minimum absolute atomic E-state index is 0.285. The fraction of sp³-hybridized carbons (Fsp3) is 0.143. The summed E-state index contributed by atoms with van der Waals surface area (Å²) in [6, 6.07) is 22.7. The SMILES string of the molecule is C[C@@H](/C=C/S(=O)(=O)c1ccccc1)OCc1ccc2ccccc2c1. The lowest BCUT2D eigenvalue weighted by molar-refractivity contribution is 0.0842. The average Bonchev–Trinajstić information content (AvgIpc) is 2.65. The summed E-state index contributed by atoms with van der Waals surface area (Å²) in [6.45, 7) is 2.26. The predicted octanol–water partition coefficient (Wildman–Crippen LogP) is 4.73. The van der Waals surface area contributed by atoms with Crippen LogP contribution in [0.2, 0.25) is 0 Å². The molecular weight excluding hydrogens is 332 g/mol. The van der Waals surface area contributed by atoms with E-state index in [0.29, 0.717) is 6.61 Å². The highest BCUT2D eigenvalue weighted by Crippen LogP contribution is 2.17. The Labute approximate surface area is 148 Å². The molecule has 0 spiro atoms. The van der Waals surface area contributed by atoms with Crippen molar-refractivity contribution in [1.82, 2.24) is 0 Å². The van der Waals surface area contributed by atoms with Gasteiger partial charge in [0.1, 0.15) is 0 Å². The van der Waals surface area contributed by atoms with Gasteiger partial charge in [0, 0.05) is 5.41 Å². The van der Waals surface area contributed by atoms with Crippen LogP contribution in [-0.2, 0) is 21.2 Å². The van der Waals surface area contributed by atoms with E-state index >= 15 is 0 Å². The standard InChI is InChI=1S/C21H20O3S/c1-17(13-14-25(22,23)21-9-3-2-4-10-21)24-16-18-11-12-19-7-5-6-8-20(19)15-18/h2-15,17H,16H2,1H3/b14-13+/t17-/m0/s1. The third-order valence-electron chi connectivity index (χ3n) is 3.93. The highest BCUT2D eigenvalue weighted by molar-refractivity contribution is 7.94. The molecule has 3 nitrogen and oxygen atoms in total. The zero-order valence-electron chi connectivity index (χ0n) is 14.0. The monoisotopic (exact) mass is 352 g/mol. The van der Waals surface area contributed by atoms with Gasteiger partial charge < -0.3 is 4.74 Å². The van der Waals surface area contributed by atoms with Crippen molar-refractivity contribution in [2.75, 3.05) is 0 Å². The lowest BCUT2D eigenvalue weighted by Gasteiger charge is -2.10. The number of hydrogen-bond donors (Lipinski definition) is 0. The second kappa shape index (κ2) is 7.64.